The molecular formula is C39H70O9. The smallest absolute Gasteiger partial charge is 0.326 e. The van der Waals surface area contributed by atoms with Crippen LogP contribution < -0.4 is 0 Å². The summed E-state index contributed by atoms with van der Waals surface area (Å²) in [5.41, 5.74) is -3.15. The molecule has 0 aliphatic rings. The van der Waals surface area contributed by atoms with Crippen LogP contribution in [0.2, 0.25) is 0 Å². The SMILES string of the molecule is CCCCCCCCCCCCCCCC(=O)C(C(=O)O)(C(=O)CCCCCCCCCCCCCCC)C(C(=O)O)C(=O)C(O)CO. The molecule has 280 valence electrons. The highest BCUT2D eigenvalue weighted by Gasteiger charge is 2.63. The van der Waals surface area contributed by atoms with Gasteiger partial charge in [0, 0.05) is 12.8 Å². The van der Waals surface area contributed by atoms with E-state index in [1.165, 1.54) is 89.9 Å². The second kappa shape index (κ2) is 29.8. The summed E-state index contributed by atoms with van der Waals surface area (Å²) in [5, 5.41) is 39.5. The number of aliphatic hydroxyl groups is 2. The summed E-state index contributed by atoms with van der Waals surface area (Å²) in [5.74, 6) is -10.4. The number of rotatable bonds is 36. The fourth-order valence-electron chi connectivity index (χ4n) is 6.64. The molecule has 0 fully saturated rings. The quantitative estimate of drug-likeness (QED) is 0.0373. The number of carboxylic acid groups (broad SMARTS) is 2. The number of hydrogen-bond donors (Lipinski definition) is 4. The zero-order valence-corrected chi connectivity index (χ0v) is 30.5. The van der Waals surface area contributed by atoms with Crippen molar-refractivity contribution >= 4 is 29.3 Å². The maximum Gasteiger partial charge on any atom is 0.326 e. The molecule has 0 saturated carbocycles. The van der Waals surface area contributed by atoms with Crippen molar-refractivity contribution < 1.29 is 44.4 Å². The zero-order chi connectivity index (χ0) is 36.0. The van der Waals surface area contributed by atoms with Gasteiger partial charge in [0.15, 0.2) is 17.3 Å². The molecule has 0 rings (SSSR count). The Hall–Kier alpha value is -2.13. The highest BCUT2D eigenvalue weighted by molar-refractivity contribution is 6.28. The van der Waals surface area contributed by atoms with Crippen LogP contribution in [0.5, 0.6) is 0 Å². The van der Waals surface area contributed by atoms with E-state index in [4.69, 9.17) is 0 Å². The second-order valence-electron chi connectivity index (χ2n) is 13.8. The van der Waals surface area contributed by atoms with E-state index in [0.717, 1.165) is 51.4 Å². The molecule has 0 aromatic heterocycles. The van der Waals surface area contributed by atoms with Gasteiger partial charge < -0.3 is 20.4 Å². The maximum absolute atomic E-state index is 13.6. The highest BCUT2D eigenvalue weighted by atomic mass is 16.4. The Morgan fingerprint density at radius 2 is 0.750 bits per heavy atom. The molecule has 2 atom stereocenters. The number of Topliss-reactive ketones (excluding diaryl/α,β-unsaturated/α-hetero) is 3. The molecule has 0 spiro atoms. The maximum atomic E-state index is 13.6. The molecule has 9 heteroatoms. The first kappa shape index (κ1) is 45.9. The van der Waals surface area contributed by atoms with Crippen LogP contribution >= 0.6 is 0 Å². The van der Waals surface area contributed by atoms with E-state index in [0.29, 0.717) is 12.8 Å². The van der Waals surface area contributed by atoms with Crippen LogP contribution in [0.3, 0.4) is 0 Å². The van der Waals surface area contributed by atoms with E-state index in [-0.39, 0.29) is 25.7 Å². The summed E-state index contributed by atoms with van der Waals surface area (Å²) < 4.78 is 0. The van der Waals surface area contributed by atoms with Gasteiger partial charge in [-0.25, -0.2) is 0 Å². The van der Waals surface area contributed by atoms with Crippen molar-refractivity contribution in [2.75, 3.05) is 6.61 Å². The number of aliphatic hydroxyl groups excluding tert-OH is 2. The van der Waals surface area contributed by atoms with E-state index in [1.807, 2.05) is 0 Å². The van der Waals surface area contributed by atoms with E-state index >= 15 is 0 Å². The lowest BCUT2D eigenvalue weighted by Gasteiger charge is -2.32. The average Bonchev–Trinajstić information content (AvgIpc) is 3.06. The van der Waals surface area contributed by atoms with Crippen molar-refractivity contribution in [3.05, 3.63) is 0 Å². The van der Waals surface area contributed by atoms with E-state index in [2.05, 4.69) is 13.8 Å². The molecule has 4 N–H and O–H groups in total. The van der Waals surface area contributed by atoms with Gasteiger partial charge in [-0.15, -0.1) is 0 Å². The summed E-state index contributed by atoms with van der Waals surface area (Å²) >= 11 is 0. The molecule has 2 unspecified atom stereocenters. The normalized spacial score (nSPS) is 12.9. The monoisotopic (exact) mass is 683 g/mol. The lowest BCUT2D eigenvalue weighted by Crippen LogP contribution is -2.58. The zero-order valence-electron chi connectivity index (χ0n) is 30.5. The lowest BCUT2D eigenvalue weighted by molar-refractivity contribution is -0.176. The van der Waals surface area contributed by atoms with Gasteiger partial charge >= 0.3 is 11.9 Å². The van der Waals surface area contributed by atoms with E-state index in [9.17, 15) is 44.4 Å². The number of carboxylic acids is 2. The summed E-state index contributed by atoms with van der Waals surface area (Å²) in [7, 11) is 0. The average molecular weight is 683 g/mol. The molecule has 0 aliphatic heterocycles. The van der Waals surface area contributed by atoms with Crippen LogP contribution in [0.1, 0.15) is 194 Å². The number of carbonyl (C=O) groups is 5. The first-order chi connectivity index (χ1) is 23.1. The van der Waals surface area contributed by atoms with Crippen molar-refractivity contribution in [1.29, 1.82) is 0 Å². The minimum atomic E-state index is -3.15. The Balaban J connectivity index is 5.07. The first-order valence-electron chi connectivity index (χ1n) is 19.5. The molecule has 48 heavy (non-hydrogen) atoms. The Morgan fingerprint density at radius 1 is 0.479 bits per heavy atom. The van der Waals surface area contributed by atoms with Gasteiger partial charge in [-0.3, -0.25) is 24.0 Å². The van der Waals surface area contributed by atoms with Crippen LogP contribution in [-0.4, -0.2) is 62.4 Å². The summed E-state index contributed by atoms with van der Waals surface area (Å²) in [6, 6.07) is 0. The number of carbonyl (C=O) groups excluding carboxylic acids is 3. The van der Waals surface area contributed by atoms with E-state index < -0.39 is 53.3 Å². The molecular weight excluding hydrogens is 612 g/mol. The van der Waals surface area contributed by atoms with Gasteiger partial charge in [0.1, 0.15) is 12.0 Å². The molecule has 0 aliphatic carbocycles. The molecule has 0 aromatic rings. The van der Waals surface area contributed by atoms with Gasteiger partial charge in [-0.1, -0.05) is 168 Å². The first-order valence-corrected chi connectivity index (χ1v) is 19.5. The van der Waals surface area contributed by atoms with Gasteiger partial charge in [-0.2, -0.15) is 0 Å². The Kier molecular flexibility index (Phi) is 28.4. The van der Waals surface area contributed by atoms with E-state index in [1.54, 1.807) is 0 Å². The standard InChI is InChI=1S/C39H70O9/c1-3-5-7-9-11-13-15-17-19-21-23-25-27-29-33(42)39(38(47)48,35(37(45)46)36(44)32(41)31-40)34(43)30-28-26-24-22-20-18-16-14-12-10-8-6-4-2/h32,35,40-41H,3-31H2,1-2H3,(H,45,46)(H,47,48). The number of ketones is 3. The van der Waals surface area contributed by atoms with Crippen molar-refractivity contribution in [1.82, 2.24) is 0 Å². The fraction of sp³-hybridized carbons (Fsp3) is 0.872. The minimum Gasteiger partial charge on any atom is -0.481 e. The van der Waals surface area contributed by atoms with Crippen LogP contribution in [0.15, 0.2) is 0 Å². The Labute approximate surface area is 291 Å². The fourth-order valence-corrected chi connectivity index (χ4v) is 6.64. The Bertz CT molecular complexity index is 843. The number of unbranched alkanes of at least 4 members (excludes halogenated alkanes) is 24. The van der Waals surface area contributed by atoms with Crippen molar-refractivity contribution in [2.24, 2.45) is 11.3 Å². The van der Waals surface area contributed by atoms with Crippen LogP contribution in [0.4, 0.5) is 0 Å². The van der Waals surface area contributed by atoms with Crippen LogP contribution in [0.25, 0.3) is 0 Å². The molecule has 0 heterocycles. The van der Waals surface area contributed by atoms with Crippen molar-refractivity contribution in [3.63, 3.8) is 0 Å². The number of aliphatic carboxylic acids is 2. The predicted molar refractivity (Wildman–Crippen MR) is 190 cm³/mol. The molecule has 0 radical (unpaired) electrons. The summed E-state index contributed by atoms with van der Waals surface area (Å²) in [6.07, 6.45) is 24.4. The summed E-state index contributed by atoms with van der Waals surface area (Å²) in [6.45, 7) is 3.26. The molecule has 0 saturated heterocycles. The van der Waals surface area contributed by atoms with Crippen LogP contribution in [0, 0.1) is 11.3 Å². The van der Waals surface area contributed by atoms with Gasteiger partial charge in [0.2, 0.25) is 5.41 Å². The molecule has 0 bridgehead atoms. The third-order valence-electron chi connectivity index (χ3n) is 9.70. The molecule has 9 nitrogen and oxygen atoms in total. The van der Waals surface area contributed by atoms with Gasteiger partial charge in [0.25, 0.3) is 0 Å². The van der Waals surface area contributed by atoms with Gasteiger partial charge in [-0.05, 0) is 12.8 Å². The van der Waals surface area contributed by atoms with Crippen molar-refractivity contribution in [3.8, 4) is 0 Å². The van der Waals surface area contributed by atoms with Crippen LogP contribution in [-0.2, 0) is 24.0 Å². The number of hydrogen-bond acceptors (Lipinski definition) is 7. The second-order valence-corrected chi connectivity index (χ2v) is 13.8. The van der Waals surface area contributed by atoms with Crippen molar-refractivity contribution in [2.45, 2.75) is 200 Å². The largest absolute Gasteiger partial charge is 0.481 e. The Morgan fingerprint density at radius 3 is 0.979 bits per heavy atom. The lowest BCUT2D eigenvalue weighted by atomic mass is 9.64. The minimum absolute atomic E-state index is 0.264. The third-order valence-corrected chi connectivity index (χ3v) is 9.70. The molecule has 0 amide bonds. The topological polar surface area (TPSA) is 166 Å². The summed E-state index contributed by atoms with van der Waals surface area (Å²) in [4.78, 5) is 65.1. The predicted octanol–water partition coefficient (Wildman–Crippen LogP) is 8.78. The van der Waals surface area contributed by atoms with Gasteiger partial charge in [0.05, 0.1) is 6.61 Å². The highest BCUT2D eigenvalue weighted by Crippen LogP contribution is 2.37. The third kappa shape index (κ3) is 18.6. The molecule has 0 aromatic carbocycles.